The molecule has 3 amide bonds. The van der Waals surface area contributed by atoms with Gasteiger partial charge >= 0.3 is 0 Å². The first-order valence-corrected chi connectivity index (χ1v) is 18.1. The second-order valence-corrected chi connectivity index (χ2v) is 15.0. The fourth-order valence-electron chi connectivity index (χ4n) is 8.15. The van der Waals surface area contributed by atoms with Crippen molar-refractivity contribution < 1.29 is 19.1 Å². The third-order valence-electron chi connectivity index (χ3n) is 10.4. The fourth-order valence-corrected chi connectivity index (χ4v) is 8.15. The lowest BCUT2D eigenvalue weighted by molar-refractivity contribution is -0.147. The molecule has 0 radical (unpaired) electrons. The molecule has 49 heavy (non-hydrogen) atoms. The topological polar surface area (TPSA) is 91.0 Å². The highest BCUT2D eigenvalue weighted by atomic mass is 16.5. The summed E-state index contributed by atoms with van der Waals surface area (Å²) < 4.78 is 6.44. The Kier molecular flexibility index (Phi) is 10.8. The van der Waals surface area contributed by atoms with E-state index in [4.69, 9.17) is 4.74 Å². The van der Waals surface area contributed by atoms with E-state index in [2.05, 4.69) is 47.0 Å². The first kappa shape index (κ1) is 34.8. The zero-order valence-electron chi connectivity index (χ0n) is 29.3. The van der Waals surface area contributed by atoms with Crippen molar-refractivity contribution >= 4 is 17.7 Å². The predicted molar refractivity (Wildman–Crippen MR) is 192 cm³/mol. The molecule has 3 aliphatic rings. The van der Waals surface area contributed by atoms with Crippen LogP contribution in [-0.4, -0.2) is 84.0 Å². The van der Waals surface area contributed by atoms with Gasteiger partial charge in [0.1, 0.15) is 12.1 Å². The number of hydrogen-bond acceptors (Lipinski definition) is 5. The lowest BCUT2D eigenvalue weighted by Gasteiger charge is -2.38. The van der Waals surface area contributed by atoms with E-state index in [9.17, 15) is 14.4 Å². The van der Waals surface area contributed by atoms with Crippen LogP contribution in [0.25, 0.3) is 0 Å². The maximum Gasteiger partial charge on any atom is 0.246 e. The highest BCUT2D eigenvalue weighted by Gasteiger charge is 2.48. The van der Waals surface area contributed by atoms with Crippen molar-refractivity contribution in [3.63, 3.8) is 0 Å². The van der Waals surface area contributed by atoms with E-state index in [1.807, 2.05) is 75.4 Å². The summed E-state index contributed by atoms with van der Waals surface area (Å²) in [6.45, 7) is 9.37. The molecular weight excluding hydrogens is 612 g/mol. The summed E-state index contributed by atoms with van der Waals surface area (Å²) in [5.74, 6) is 0.0432. The summed E-state index contributed by atoms with van der Waals surface area (Å²) in [6, 6.07) is 29.3. The van der Waals surface area contributed by atoms with E-state index < -0.39 is 23.1 Å². The molecule has 260 valence electrons. The maximum atomic E-state index is 14.9. The smallest absolute Gasteiger partial charge is 0.246 e. The molecule has 0 spiro atoms. The fraction of sp³-hybridized carbons (Fsp3) is 0.488. The van der Waals surface area contributed by atoms with Crippen molar-refractivity contribution in [2.75, 3.05) is 32.7 Å². The number of nitrogens with zero attached hydrogens (tertiary/aromatic N) is 2. The van der Waals surface area contributed by atoms with Gasteiger partial charge in [-0.1, -0.05) is 91.0 Å². The SMILES string of the molecule is CC(C)(C)O[C@@H]1C[C@@H](C(=O)N2CCC[C@@H]2C(=O)NC[C@H]2CCCNC2)N(C(=O)CC(c2ccccc2)(c2ccccc2)c2ccccc2)C1. The van der Waals surface area contributed by atoms with Crippen LogP contribution in [0.1, 0.15) is 76.0 Å². The van der Waals surface area contributed by atoms with Crippen molar-refractivity contribution in [3.05, 3.63) is 108 Å². The zero-order chi connectivity index (χ0) is 34.4. The summed E-state index contributed by atoms with van der Waals surface area (Å²) in [4.78, 5) is 46.5. The number of carbonyl (C=O) groups is 3. The second kappa shape index (κ2) is 15.3. The van der Waals surface area contributed by atoms with Crippen molar-refractivity contribution in [3.8, 4) is 0 Å². The van der Waals surface area contributed by atoms with Crippen LogP contribution in [0.15, 0.2) is 91.0 Å². The van der Waals surface area contributed by atoms with Gasteiger partial charge in [0, 0.05) is 32.5 Å². The Labute approximate surface area is 291 Å². The zero-order valence-corrected chi connectivity index (χ0v) is 29.3. The molecule has 0 unspecified atom stereocenters. The van der Waals surface area contributed by atoms with Crippen LogP contribution in [-0.2, 0) is 24.5 Å². The molecule has 3 heterocycles. The van der Waals surface area contributed by atoms with Crippen LogP contribution < -0.4 is 10.6 Å². The Morgan fingerprint density at radius 1 is 0.796 bits per heavy atom. The van der Waals surface area contributed by atoms with Gasteiger partial charge in [-0.15, -0.1) is 0 Å². The Bertz CT molecular complexity index is 1460. The molecule has 3 aromatic rings. The molecule has 3 aliphatic heterocycles. The molecule has 2 N–H and O–H groups in total. The molecule has 0 aliphatic carbocycles. The highest BCUT2D eigenvalue weighted by molar-refractivity contribution is 5.93. The third kappa shape index (κ3) is 7.92. The van der Waals surface area contributed by atoms with Crippen molar-refractivity contribution in [2.45, 2.75) is 88.5 Å². The monoisotopic (exact) mass is 664 g/mol. The standard InChI is InChI=1S/C41H52N4O4/c1-40(2,3)49-34-25-36(39(48)44-24-14-22-35(44)38(47)43-28-30-15-13-23-42-27-30)45(29-34)37(46)26-41(31-16-7-4-8-17-31,32-18-9-5-10-19-32)33-20-11-6-12-21-33/h4-12,16-21,30,34-36,42H,13-15,22-29H2,1-3H3,(H,43,47)/t30-,34+,35+,36-/m0/s1. The largest absolute Gasteiger partial charge is 0.371 e. The molecule has 0 bridgehead atoms. The first-order chi connectivity index (χ1) is 23.7. The lowest BCUT2D eigenvalue weighted by atomic mass is 9.67. The summed E-state index contributed by atoms with van der Waals surface area (Å²) >= 11 is 0. The molecule has 8 nitrogen and oxygen atoms in total. The number of rotatable bonds is 10. The van der Waals surface area contributed by atoms with Gasteiger partial charge in [-0.3, -0.25) is 14.4 Å². The van der Waals surface area contributed by atoms with Crippen LogP contribution in [0.3, 0.4) is 0 Å². The number of carbonyl (C=O) groups excluding carboxylic acids is 3. The summed E-state index contributed by atoms with van der Waals surface area (Å²) in [5.41, 5.74) is 1.80. The van der Waals surface area contributed by atoms with Crippen LogP contribution in [0.5, 0.6) is 0 Å². The Morgan fingerprint density at radius 3 is 1.92 bits per heavy atom. The number of amides is 3. The molecule has 4 atom stereocenters. The Morgan fingerprint density at radius 2 is 1.39 bits per heavy atom. The molecule has 8 heteroatoms. The van der Waals surface area contributed by atoms with Crippen LogP contribution in [0.4, 0.5) is 0 Å². The van der Waals surface area contributed by atoms with E-state index in [-0.39, 0.29) is 30.2 Å². The molecule has 3 aromatic carbocycles. The lowest BCUT2D eigenvalue weighted by Crippen LogP contribution is -2.54. The van der Waals surface area contributed by atoms with Gasteiger partial charge in [-0.2, -0.15) is 0 Å². The minimum Gasteiger partial charge on any atom is -0.371 e. The summed E-state index contributed by atoms with van der Waals surface area (Å²) in [6.07, 6.45) is 3.82. The Hall–Kier alpha value is -4.01. The van der Waals surface area contributed by atoms with E-state index in [0.29, 0.717) is 38.4 Å². The number of ether oxygens (including phenoxy) is 1. The third-order valence-corrected chi connectivity index (χ3v) is 10.4. The molecule has 3 fully saturated rings. The van der Waals surface area contributed by atoms with Crippen LogP contribution in [0.2, 0.25) is 0 Å². The quantitative estimate of drug-likeness (QED) is 0.287. The number of nitrogens with one attached hydrogen (secondary N) is 2. The highest BCUT2D eigenvalue weighted by Crippen LogP contribution is 2.43. The van der Waals surface area contributed by atoms with Gasteiger partial charge in [0.2, 0.25) is 17.7 Å². The number of piperidine rings is 1. The van der Waals surface area contributed by atoms with E-state index in [1.165, 1.54) is 0 Å². The van der Waals surface area contributed by atoms with Gasteiger partial charge < -0.3 is 25.2 Å². The van der Waals surface area contributed by atoms with Crippen LogP contribution in [0, 0.1) is 5.92 Å². The number of benzene rings is 3. The maximum absolute atomic E-state index is 14.9. The summed E-state index contributed by atoms with van der Waals surface area (Å²) in [7, 11) is 0. The van der Waals surface area contributed by atoms with Gasteiger partial charge in [0.25, 0.3) is 0 Å². The van der Waals surface area contributed by atoms with Crippen molar-refractivity contribution in [1.29, 1.82) is 0 Å². The Balaban J connectivity index is 1.30. The molecule has 3 saturated heterocycles. The second-order valence-electron chi connectivity index (χ2n) is 15.0. The van der Waals surface area contributed by atoms with E-state index in [0.717, 1.165) is 49.0 Å². The van der Waals surface area contributed by atoms with Gasteiger partial charge in [-0.25, -0.2) is 0 Å². The molecule has 0 aromatic heterocycles. The van der Waals surface area contributed by atoms with E-state index in [1.54, 1.807) is 9.80 Å². The van der Waals surface area contributed by atoms with Crippen molar-refractivity contribution in [1.82, 2.24) is 20.4 Å². The van der Waals surface area contributed by atoms with Crippen molar-refractivity contribution in [2.24, 2.45) is 5.92 Å². The minimum atomic E-state index is -0.790. The predicted octanol–water partition coefficient (Wildman–Crippen LogP) is 5.30. The van der Waals surface area contributed by atoms with Crippen LogP contribution >= 0.6 is 0 Å². The summed E-state index contributed by atoms with van der Waals surface area (Å²) in [5, 5.41) is 6.56. The molecule has 6 rings (SSSR count). The molecule has 0 saturated carbocycles. The number of hydrogen-bond donors (Lipinski definition) is 2. The molecular formula is C41H52N4O4. The normalized spacial score (nSPS) is 23.0. The average Bonchev–Trinajstić information content (AvgIpc) is 3.78. The number of likely N-dealkylation sites (tertiary alicyclic amines) is 2. The first-order valence-electron chi connectivity index (χ1n) is 18.1. The van der Waals surface area contributed by atoms with E-state index >= 15 is 0 Å². The van der Waals surface area contributed by atoms with Gasteiger partial charge in [0.15, 0.2) is 0 Å². The minimum absolute atomic E-state index is 0.0916. The average molecular weight is 665 g/mol. The van der Waals surface area contributed by atoms with Gasteiger partial charge in [-0.05, 0) is 82.2 Å². The van der Waals surface area contributed by atoms with Gasteiger partial charge in [0.05, 0.1) is 17.1 Å².